The van der Waals surface area contributed by atoms with Crippen molar-refractivity contribution in [3.05, 3.63) is 65.0 Å². The van der Waals surface area contributed by atoms with E-state index in [2.05, 4.69) is 23.2 Å². The van der Waals surface area contributed by atoms with Crippen molar-refractivity contribution in [2.45, 2.75) is 39.1 Å². The number of nitrogens with two attached hydrogens (primary N) is 1. The van der Waals surface area contributed by atoms with Crippen LogP contribution in [0.25, 0.3) is 0 Å². The maximum atomic E-state index is 13.4. The molecule has 140 valence electrons. The molecule has 0 saturated carbocycles. The number of halogens is 1. The Balaban J connectivity index is 1.57. The van der Waals surface area contributed by atoms with Gasteiger partial charge < -0.3 is 10.4 Å². The van der Waals surface area contributed by atoms with Crippen LogP contribution >= 0.6 is 0 Å². The Morgan fingerprint density at radius 1 is 1.23 bits per heavy atom. The molecule has 1 atom stereocenters. The molecule has 0 aromatic heterocycles. The summed E-state index contributed by atoms with van der Waals surface area (Å²) in [6.45, 7) is 4.98. The van der Waals surface area contributed by atoms with Gasteiger partial charge in [0.1, 0.15) is 5.82 Å². The molecule has 2 aromatic rings. The van der Waals surface area contributed by atoms with Gasteiger partial charge in [-0.15, -0.1) is 0 Å². The summed E-state index contributed by atoms with van der Waals surface area (Å²) < 4.78 is 13.4. The van der Waals surface area contributed by atoms with Crippen LogP contribution in [-0.4, -0.2) is 29.4 Å². The van der Waals surface area contributed by atoms with E-state index < -0.39 is 6.35 Å². The van der Waals surface area contributed by atoms with E-state index in [4.69, 9.17) is 5.73 Å². The van der Waals surface area contributed by atoms with E-state index in [-0.39, 0.29) is 5.82 Å². The van der Waals surface area contributed by atoms with Gasteiger partial charge in [-0.05, 0) is 80.1 Å². The van der Waals surface area contributed by atoms with Gasteiger partial charge in [0.2, 0.25) is 0 Å². The zero-order chi connectivity index (χ0) is 18.5. The Bertz CT molecular complexity index is 727. The van der Waals surface area contributed by atoms with E-state index in [0.29, 0.717) is 5.92 Å². The second-order valence-corrected chi connectivity index (χ2v) is 7.24. The second kappa shape index (κ2) is 8.62. The fourth-order valence-corrected chi connectivity index (χ4v) is 3.78. The first-order chi connectivity index (χ1) is 12.5. The number of piperidine rings is 1. The lowest BCUT2D eigenvalue weighted by atomic mass is 9.90. The number of aliphatic hydroxyl groups excluding tert-OH is 1. The number of hydrogen-bond donors (Lipinski definition) is 3. The van der Waals surface area contributed by atoms with Gasteiger partial charge in [0.05, 0.1) is 0 Å². The number of nitrogens with zero attached hydrogens (tertiary/aromatic N) is 1. The van der Waals surface area contributed by atoms with Crippen LogP contribution < -0.4 is 11.1 Å². The third kappa shape index (κ3) is 5.04. The van der Waals surface area contributed by atoms with Crippen molar-refractivity contribution >= 4 is 5.69 Å². The summed E-state index contributed by atoms with van der Waals surface area (Å²) in [5.74, 6) is 0.454. The molecule has 1 unspecified atom stereocenters. The molecule has 0 aliphatic carbocycles. The van der Waals surface area contributed by atoms with Crippen molar-refractivity contribution in [1.29, 1.82) is 0 Å². The van der Waals surface area contributed by atoms with Gasteiger partial charge in [-0.3, -0.25) is 10.6 Å². The highest BCUT2D eigenvalue weighted by atomic mass is 19.1. The molecular weight excluding hydrogens is 329 g/mol. The van der Waals surface area contributed by atoms with Crippen molar-refractivity contribution in [2.75, 3.05) is 18.4 Å². The van der Waals surface area contributed by atoms with Gasteiger partial charge in [-0.25, -0.2) is 4.39 Å². The van der Waals surface area contributed by atoms with Crippen molar-refractivity contribution in [1.82, 2.24) is 4.90 Å². The first-order valence-corrected chi connectivity index (χ1v) is 9.27. The molecule has 5 heteroatoms. The molecule has 0 bridgehead atoms. The number of aliphatic hydroxyl groups is 1. The van der Waals surface area contributed by atoms with E-state index in [0.717, 1.165) is 50.1 Å². The smallest absolute Gasteiger partial charge is 0.178 e. The lowest BCUT2D eigenvalue weighted by Gasteiger charge is -2.33. The minimum atomic E-state index is -1.06. The summed E-state index contributed by atoms with van der Waals surface area (Å²) in [5.41, 5.74) is 9.84. The van der Waals surface area contributed by atoms with Crippen LogP contribution in [0.1, 0.15) is 29.5 Å². The van der Waals surface area contributed by atoms with Gasteiger partial charge >= 0.3 is 0 Å². The van der Waals surface area contributed by atoms with Crippen LogP contribution in [0.4, 0.5) is 10.1 Å². The maximum Gasteiger partial charge on any atom is 0.178 e. The molecular formula is C21H28FN3O. The molecule has 1 aliphatic rings. The zero-order valence-electron chi connectivity index (χ0n) is 15.3. The monoisotopic (exact) mass is 357 g/mol. The van der Waals surface area contributed by atoms with Crippen LogP contribution in [0.3, 0.4) is 0 Å². The average Bonchev–Trinajstić information content (AvgIpc) is 2.59. The number of anilines is 1. The van der Waals surface area contributed by atoms with E-state index in [1.807, 2.05) is 18.2 Å². The molecule has 1 aliphatic heterocycles. The number of nitrogens with one attached hydrogen (secondary N) is 1. The quantitative estimate of drug-likeness (QED) is 0.695. The molecule has 26 heavy (non-hydrogen) atoms. The standard InChI is InChI=1S/C21H28FN3O/c1-15-4-2-7-20(24-21(23)26)19(15)14-25-10-8-16(9-11-25)12-17-5-3-6-18(22)13-17/h2-7,13,16,21,24,26H,8-12,14,23H2,1H3. The van der Waals surface area contributed by atoms with E-state index in [1.165, 1.54) is 17.2 Å². The van der Waals surface area contributed by atoms with Gasteiger partial charge in [-0.1, -0.05) is 24.3 Å². The fourth-order valence-electron chi connectivity index (χ4n) is 3.78. The molecule has 1 saturated heterocycles. The first-order valence-electron chi connectivity index (χ1n) is 9.27. The van der Waals surface area contributed by atoms with Crippen LogP contribution in [-0.2, 0) is 13.0 Å². The molecule has 1 fully saturated rings. The lowest BCUT2D eigenvalue weighted by molar-refractivity contribution is 0.176. The van der Waals surface area contributed by atoms with Crippen molar-refractivity contribution in [3.8, 4) is 0 Å². The topological polar surface area (TPSA) is 61.5 Å². The minimum Gasteiger partial charge on any atom is -0.361 e. The largest absolute Gasteiger partial charge is 0.361 e. The predicted molar refractivity (Wildman–Crippen MR) is 103 cm³/mol. The first kappa shape index (κ1) is 18.8. The highest BCUT2D eigenvalue weighted by Gasteiger charge is 2.21. The lowest BCUT2D eigenvalue weighted by Crippen LogP contribution is -2.35. The maximum absolute atomic E-state index is 13.4. The van der Waals surface area contributed by atoms with Crippen LogP contribution in [0, 0.1) is 18.7 Å². The normalized spacial score (nSPS) is 17.2. The summed E-state index contributed by atoms with van der Waals surface area (Å²) >= 11 is 0. The van der Waals surface area contributed by atoms with Crippen molar-refractivity contribution in [2.24, 2.45) is 11.7 Å². The Morgan fingerprint density at radius 2 is 1.96 bits per heavy atom. The van der Waals surface area contributed by atoms with Crippen molar-refractivity contribution < 1.29 is 9.50 Å². The highest BCUT2D eigenvalue weighted by molar-refractivity contribution is 5.54. The molecule has 0 spiro atoms. The Kier molecular flexibility index (Phi) is 6.25. The van der Waals surface area contributed by atoms with Gasteiger partial charge in [0, 0.05) is 12.2 Å². The number of hydrogen-bond acceptors (Lipinski definition) is 4. The van der Waals surface area contributed by atoms with Crippen LogP contribution in [0.2, 0.25) is 0 Å². The minimum absolute atomic E-state index is 0.151. The van der Waals surface area contributed by atoms with Gasteiger partial charge in [0.15, 0.2) is 6.35 Å². The SMILES string of the molecule is Cc1cccc(NC(N)O)c1CN1CCC(Cc2cccc(F)c2)CC1. The summed E-state index contributed by atoms with van der Waals surface area (Å²) in [4.78, 5) is 2.44. The fraction of sp³-hybridized carbons (Fsp3) is 0.429. The van der Waals surface area contributed by atoms with E-state index in [1.54, 1.807) is 12.1 Å². The molecule has 0 radical (unpaired) electrons. The third-order valence-corrected chi connectivity index (χ3v) is 5.22. The zero-order valence-corrected chi connectivity index (χ0v) is 15.3. The summed E-state index contributed by atoms with van der Waals surface area (Å²) in [6.07, 6.45) is 2.12. The molecule has 0 amide bonds. The molecule has 4 N–H and O–H groups in total. The van der Waals surface area contributed by atoms with E-state index in [9.17, 15) is 9.50 Å². The Labute approximate surface area is 154 Å². The highest BCUT2D eigenvalue weighted by Crippen LogP contribution is 2.26. The molecule has 1 heterocycles. The van der Waals surface area contributed by atoms with Crippen molar-refractivity contribution in [3.63, 3.8) is 0 Å². The molecule has 4 nitrogen and oxygen atoms in total. The van der Waals surface area contributed by atoms with Gasteiger partial charge in [-0.2, -0.15) is 0 Å². The second-order valence-electron chi connectivity index (χ2n) is 7.24. The van der Waals surface area contributed by atoms with Gasteiger partial charge in [0.25, 0.3) is 0 Å². The summed E-state index contributed by atoms with van der Waals surface area (Å²) in [7, 11) is 0. The average molecular weight is 357 g/mol. The summed E-state index contributed by atoms with van der Waals surface area (Å²) in [5, 5.41) is 12.4. The molecule has 2 aromatic carbocycles. The number of likely N-dealkylation sites (tertiary alicyclic amines) is 1. The van der Waals surface area contributed by atoms with Crippen LogP contribution in [0.15, 0.2) is 42.5 Å². The number of benzene rings is 2. The molecule has 3 rings (SSSR count). The number of aryl methyl sites for hydroxylation is 1. The Morgan fingerprint density at radius 3 is 2.65 bits per heavy atom. The van der Waals surface area contributed by atoms with E-state index >= 15 is 0 Å². The Hall–Kier alpha value is -1.95. The predicted octanol–water partition coefficient (Wildman–Crippen LogP) is 3.24. The van der Waals surface area contributed by atoms with Crippen LogP contribution in [0.5, 0.6) is 0 Å². The third-order valence-electron chi connectivity index (χ3n) is 5.22. The number of rotatable bonds is 6. The summed E-state index contributed by atoms with van der Waals surface area (Å²) in [6, 6.07) is 13.0.